The number of aliphatic hydroxyl groups excluding tert-OH is 1. The first-order chi connectivity index (χ1) is 12.2. The number of rotatable bonds is 4. The van der Waals surface area contributed by atoms with E-state index in [1.54, 1.807) is 0 Å². The van der Waals surface area contributed by atoms with Crippen LogP contribution in [-0.4, -0.2) is 20.1 Å². The van der Waals surface area contributed by atoms with Crippen LogP contribution in [0.25, 0.3) is 0 Å². The van der Waals surface area contributed by atoms with E-state index in [2.05, 4.69) is 79.8 Å². The van der Waals surface area contributed by atoms with Gasteiger partial charge in [0.05, 0.1) is 0 Å². The summed E-state index contributed by atoms with van der Waals surface area (Å²) in [4.78, 5) is 0. The predicted octanol–water partition coefficient (Wildman–Crippen LogP) is 4.15. The summed E-state index contributed by atoms with van der Waals surface area (Å²) in [6.07, 6.45) is 12.8. The summed E-state index contributed by atoms with van der Waals surface area (Å²) in [5, 5.41) is 11.5. The molecule has 0 aliphatic heterocycles. The van der Waals surface area contributed by atoms with Crippen LogP contribution < -0.4 is 4.46 Å². The van der Waals surface area contributed by atoms with E-state index in [-0.39, 0.29) is 31.1 Å². The van der Waals surface area contributed by atoms with Crippen molar-refractivity contribution in [3.05, 3.63) is 102 Å². The molecule has 2 aromatic rings. The van der Waals surface area contributed by atoms with E-state index < -0.39 is 6.10 Å². The van der Waals surface area contributed by atoms with E-state index in [4.69, 9.17) is 0 Å². The molecule has 4 rings (SSSR count). The normalized spacial score (nSPS) is 28.1. The fourth-order valence-corrected chi connectivity index (χ4v) is 7.00. The molecule has 3 unspecified atom stereocenters. The number of allylic oxidation sites excluding steroid dienone is 6. The Kier molecular flexibility index (Phi) is 4.52. The third-order valence-corrected chi connectivity index (χ3v) is 8.59. The Morgan fingerprint density at radius 1 is 0.840 bits per heavy atom. The van der Waals surface area contributed by atoms with Crippen molar-refractivity contribution in [2.45, 2.75) is 17.3 Å². The summed E-state index contributed by atoms with van der Waals surface area (Å²) in [5.41, 5.74) is 2.29. The number of hydrogen-bond acceptors (Lipinski definition) is 1. The Bertz CT molecular complexity index is 795. The van der Waals surface area contributed by atoms with Crippen LogP contribution in [0.4, 0.5) is 0 Å². The minimum atomic E-state index is -0.493. The molecule has 2 aliphatic rings. The summed E-state index contributed by atoms with van der Waals surface area (Å²) < 4.78 is 1.13. The molecule has 0 heterocycles. The zero-order chi connectivity index (χ0) is 17.3. The first kappa shape index (κ1) is 16.6. The van der Waals surface area contributed by atoms with Crippen molar-refractivity contribution in [2.24, 2.45) is 11.8 Å². The summed E-state index contributed by atoms with van der Waals surface area (Å²) in [7, 11) is 0. The standard InChI is InChI=1S/C23H22OSe/c1-17-11-15-21(16-12-17)25-23(22(24)18-7-3-2-4-8-18)19-9-5-6-10-20(23)14-13-19/h2-16,19-20,22,24H,1H3. The van der Waals surface area contributed by atoms with Crippen LogP contribution in [0.15, 0.2) is 91.1 Å². The average molecular weight is 393 g/mol. The van der Waals surface area contributed by atoms with Gasteiger partial charge in [-0.3, -0.25) is 0 Å². The van der Waals surface area contributed by atoms with Gasteiger partial charge >= 0.3 is 156 Å². The number of aliphatic hydroxyl groups is 1. The van der Waals surface area contributed by atoms with Crippen LogP contribution in [0, 0.1) is 18.8 Å². The summed E-state index contributed by atoms with van der Waals surface area (Å²) in [6.45, 7) is 2.12. The Balaban J connectivity index is 1.80. The van der Waals surface area contributed by atoms with Crippen molar-refractivity contribution in [3.63, 3.8) is 0 Å². The van der Waals surface area contributed by atoms with Crippen molar-refractivity contribution in [1.29, 1.82) is 0 Å². The number of hydrogen-bond donors (Lipinski definition) is 1. The van der Waals surface area contributed by atoms with Gasteiger partial charge in [0.15, 0.2) is 0 Å². The van der Waals surface area contributed by atoms with Gasteiger partial charge in [-0.15, -0.1) is 0 Å². The van der Waals surface area contributed by atoms with Crippen LogP contribution in [0.2, 0.25) is 4.31 Å². The van der Waals surface area contributed by atoms with E-state index >= 15 is 0 Å². The van der Waals surface area contributed by atoms with Gasteiger partial charge in [0.2, 0.25) is 0 Å². The molecule has 25 heavy (non-hydrogen) atoms. The van der Waals surface area contributed by atoms with Crippen molar-refractivity contribution < 1.29 is 5.11 Å². The van der Waals surface area contributed by atoms with Crippen LogP contribution in [0.1, 0.15) is 17.2 Å². The zero-order valence-corrected chi connectivity index (χ0v) is 16.0. The molecule has 3 atom stereocenters. The number of aryl methyl sites for hydroxylation is 1. The van der Waals surface area contributed by atoms with Crippen molar-refractivity contribution in [3.8, 4) is 0 Å². The van der Waals surface area contributed by atoms with Gasteiger partial charge in [0, 0.05) is 0 Å². The molecular formula is C23H22OSe. The molecule has 2 heteroatoms. The Morgan fingerprint density at radius 2 is 1.44 bits per heavy atom. The first-order valence-corrected chi connectivity index (χ1v) is 10.4. The van der Waals surface area contributed by atoms with E-state index in [0.29, 0.717) is 0 Å². The number of fused-ring (bicyclic) bond motifs is 2. The molecule has 2 aromatic carbocycles. The molecule has 0 aromatic heterocycles. The van der Waals surface area contributed by atoms with Crippen molar-refractivity contribution in [1.82, 2.24) is 0 Å². The Hall–Kier alpha value is -1.86. The second-order valence-corrected chi connectivity index (χ2v) is 9.69. The molecule has 126 valence electrons. The summed E-state index contributed by atoms with van der Waals surface area (Å²) in [6, 6.07) is 19.0. The van der Waals surface area contributed by atoms with Crippen LogP contribution in [-0.2, 0) is 0 Å². The minimum absolute atomic E-state index is 0.133. The van der Waals surface area contributed by atoms with E-state index in [1.807, 2.05) is 18.2 Å². The molecule has 0 fully saturated rings. The Morgan fingerprint density at radius 3 is 2.04 bits per heavy atom. The van der Waals surface area contributed by atoms with E-state index in [9.17, 15) is 5.11 Å². The Labute approximate surface area is 155 Å². The van der Waals surface area contributed by atoms with Gasteiger partial charge in [0.25, 0.3) is 0 Å². The van der Waals surface area contributed by atoms with Crippen molar-refractivity contribution in [2.75, 3.05) is 0 Å². The zero-order valence-electron chi connectivity index (χ0n) is 14.2. The van der Waals surface area contributed by atoms with Gasteiger partial charge < -0.3 is 0 Å². The molecule has 0 saturated heterocycles. The maximum absolute atomic E-state index is 11.5. The molecule has 0 spiro atoms. The third kappa shape index (κ3) is 2.95. The monoisotopic (exact) mass is 394 g/mol. The quantitative estimate of drug-likeness (QED) is 0.611. The molecule has 1 N–H and O–H groups in total. The SMILES string of the molecule is Cc1ccc([Se]C2(C(O)c3ccccc3)C3C=CC=CC2C=C3)cc1. The molecule has 0 amide bonds. The fourth-order valence-electron chi connectivity index (χ4n) is 3.82. The molecule has 2 bridgehead atoms. The molecule has 0 radical (unpaired) electrons. The van der Waals surface area contributed by atoms with E-state index in [1.165, 1.54) is 10.0 Å². The molecule has 1 nitrogen and oxygen atoms in total. The van der Waals surface area contributed by atoms with Crippen LogP contribution in [0.3, 0.4) is 0 Å². The third-order valence-electron chi connectivity index (χ3n) is 5.17. The molecule has 2 aliphatic carbocycles. The van der Waals surface area contributed by atoms with Gasteiger partial charge in [-0.2, -0.15) is 0 Å². The number of benzene rings is 2. The molecular weight excluding hydrogens is 371 g/mol. The van der Waals surface area contributed by atoms with E-state index in [0.717, 1.165) is 5.56 Å². The van der Waals surface area contributed by atoms with Crippen molar-refractivity contribution >= 4 is 19.4 Å². The van der Waals surface area contributed by atoms with Gasteiger partial charge in [-0.25, -0.2) is 0 Å². The topological polar surface area (TPSA) is 20.2 Å². The summed E-state index contributed by atoms with van der Waals surface area (Å²) in [5.74, 6) is 0.507. The fraction of sp³-hybridized carbons (Fsp3) is 0.217. The van der Waals surface area contributed by atoms with Crippen LogP contribution in [0.5, 0.6) is 0 Å². The van der Waals surface area contributed by atoms with Gasteiger partial charge in [-0.1, -0.05) is 0 Å². The predicted molar refractivity (Wildman–Crippen MR) is 105 cm³/mol. The maximum atomic E-state index is 11.5. The van der Waals surface area contributed by atoms with Gasteiger partial charge in [0.1, 0.15) is 0 Å². The second kappa shape index (κ2) is 6.80. The second-order valence-electron chi connectivity index (χ2n) is 6.79. The van der Waals surface area contributed by atoms with Crippen LogP contribution >= 0.6 is 0 Å². The summed E-state index contributed by atoms with van der Waals surface area (Å²) >= 11 is 0.133. The molecule has 0 saturated carbocycles. The van der Waals surface area contributed by atoms with Gasteiger partial charge in [-0.05, 0) is 0 Å². The average Bonchev–Trinajstić information content (AvgIpc) is 2.86. The first-order valence-electron chi connectivity index (χ1n) is 8.72.